The van der Waals surface area contributed by atoms with E-state index in [2.05, 4.69) is 4.90 Å². The maximum atomic E-state index is 11.5. The van der Waals surface area contributed by atoms with Crippen LogP contribution in [0.5, 0.6) is 5.75 Å². The lowest BCUT2D eigenvalue weighted by molar-refractivity contribution is -0.130. The standard InChI is InChI=1S/C20H28N2O4/c1-14(23)21-9-6-18(7-10-21)22-8-5-15(13-22)11-17-12-16(20(24)25)3-4-19(17)26-2/h3-4,12,15,18H,5-11,13H2,1-2H3,(H,24,25). The van der Waals surface area contributed by atoms with Crippen LogP contribution in [0, 0.1) is 5.92 Å². The number of nitrogens with zero attached hydrogens (tertiary/aromatic N) is 2. The number of hydrogen-bond donors (Lipinski definition) is 1. The molecule has 0 radical (unpaired) electrons. The largest absolute Gasteiger partial charge is 0.496 e. The number of ether oxygens (including phenoxy) is 1. The van der Waals surface area contributed by atoms with Gasteiger partial charge in [0.25, 0.3) is 0 Å². The highest BCUT2D eigenvalue weighted by molar-refractivity contribution is 5.88. The van der Waals surface area contributed by atoms with E-state index in [-0.39, 0.29) is 5.91 Å². The first-order chi connectivity index (χ1) is 12.5. The fraction of sp³-hybridized carbons (Fsp3) is 0.600. The maximum Gasteiger partial charge on any atom is 0.335 e. The van der Waals surface area contributed by atoms with Crippen molar-refractivity contribution in [2.45, 2.75) is 38.6 Å². The zero-order chi connectivity index (χ0) is 18.7. The molecule has 1 N–H and O–H groups in total. The van der Waals surface area contributed by atoms with Gasteiger partial charge < -0.3 is 14.7 Å². The number of amides is 1. The van der Waals surface area contributed by atoms with E-state index in [1.165, 1.54) is 0 Å². The summed E-state index contributed by atoms with van der Waals surface area (Å²) in [6, 6.07) is 5.65. The van der Waals surface area contributed by atoms with Crippen molar-refractivity contribution in [3.05, 3.63) is 29.3 Å². The van der Waals surface area contributed by atoms with Gasteiger partial charge in [0.05, 0.1) is 12.7 Å². The fourth-order valence-electron chi connectivity index (χ4n) is 4.29. The molecule has 0 aliphatic carbocycles. The Morgan fingerprint density at radius 3 is 2.54 bits per heavy atom. The Morgan fingerprint density at radius 1 is 1.19 bits per heavy atom. The van der Waals surface area contributed by atoms with E-state index in [1.807, 2.05) is 4.90 Å². The first kappa shape index (κ1) is 18.7. The summed E-state index contributed by atoms with van der Waals surface area (Å²) in [5, 5.41) is 9.23. The van der Waals surface area contributed by atoms with E-state index in [9.17, 15) is 14.7 Å². The van der Waals surface area contributed by atoms with Crippen LogP contribution in [0.2, 0.25) is 0 Å². The third-order valence-corrected chi connectivity index (χ3v) is 5.78. The number of aromatic carboxylic acids is 1. The molecule has 6 nitrogen and oxygen atoms in total. The maximum absolute atomic E-state index is 11.5. The first-order valence-corrected chi connectivity index (χ1v) is 9.37. The third kappa shape index (κ3) is 4.18. The van der Waals surface area contributed by atoms with Crippen molar-refractivity contribution < 1.29 is 19.4 Å². The summed E-state index contributed by atoms with van der Waals surface area (Å²) in [5.41, 5.74) is 1.29. The van der Waals surface area contributed by atoms with Gasteiger partial charge in [-0.05, 0) is 61.9 Å². The minimum Gasteiger partial charge on any atom is -0.496 e. The predicted octanol–water partition coefficient (Wildman–Crippen LogP) is 2.27. The van der Waals surface area contributed by atoms with E-state index >= 15 is 0 Å². The lowest BCUT2D eigenvalue weighted by Crippen LogP contribution is -2.45. The van der Waals surface area contributed by atoms with Crippen LogP contribution in [0.3, 0.4) is 0 Å². The van der Waals surface area contributed by atoms with E-state index in [0.29, 0.717) is 17.5 Å². The van der Waals surface area contributed by atoms with Crippen molar-refractivity contribution in [2.24, 2.45) is 5.92 Å². The molecule has 0 bridgehead atoms. The lowest BCUT2D eigenvalue weighted by Gasteiger charge is -2.36. The number of rotatable bonds is 5. The molecule has 2 aliphatic heterocycles. The number of piperidine rings is 1. The van der Waals surface area contributed by atoms with E-state index in [0.717, 1.165) is 63.2 Å². The summed E-state index contributed by atoms with van der Waals surface area (Å²) in [6.45, 7) is 5.47. The highest BCUT2D eigenvalue weighted by Gasteiger charge is 2.31. The molecule has 2 saturated heterocycles. The summed E-state index contributed by atoms with van der Waals surface area (Å²) >= 11 is 0. The molecule has 142 valence electrons. The highest BCUT2D eigenvalue weighted by Crippen LogP contribution is 2.30. The zero-order valence-electron chi connectivity index (χ0n) is 15.6. The molecule has 2 fully saturated rings. The zero-order valence-corrected chi connectivity index (χ0v) is 15.6. The highest BCUT2D eigenvalue weighted by atomic mass is 16.5. The molecule has 1 amide bonds. The van der Waals surface area contributed by atoms with Gasteiger partial charge in [-0.1, -0.05) is 0 Å². The Balaban J connectivity index is 1.59. The summed E-state index contributed by atoms with van der Waals surface area (Å²) in [5.74, 6) is 0.550. The first-order valence-electron chi connectivity index (χ1n) is 9.37. The molecule has 2 heterocycles. The molecular formula is C20H28N2O4. The van der Waals surface area contributed by atoms with Crippen LogP contribution in [0.4, 0.5) is 0 Å². The Hall–Kier alpha value is -2.08. The topological polar surface area (TPSA) is 70.1 Å². The second-order valence-corrected chi connectivity index (χ2v) is 7.42. The van der Waals surface area contributed by atoms with E-state index in [4.69, 9.17) is 4.74 Å². The number of carbonyl (C=O) groups is 2. The van der Waals surface area contributed by atoms with Crippen LogP contribution in [-0.2, 0) is 11.2 Å². The average molecular weight is 360 g/mol. The van der Waals surface area contributed by atoms with Gasteiger partial charge in [0.15, 0.2) is 0 Å². The smallest absolute Gasteiger partial charge is 0.335 e. The molecule has 1 aromatic rings. The van der Waals surface area contributed by atoms with Crippen LogP contribution >= 0.6 is 0 Å². The van der Waals surface area contributed by atoms with Crippen LogP contribution < -0.4 is 4.74 Å². The molecule has 3 rings (SSSR count). The fourth-order valence-corrected chi connectivity index (χ4v) is 4.29. The van der Waals surface area contributed by atoms with Gasteiger partial charge in [-0.15, -0.1) is 0 Å². The monoisotopic (exact) mass is 360 g/mol. The molecular weight excluding hydrogens is 332 g/mol. The number of likely N-dealkylation sites (tertiary alicyclic amines) is 2. The van der Waals surface area contributed by atoms with Crippen molar-refractivity contribution >= 4 is 11.9 Å². The minimum absolute atomic E-state index is 0.174. The van der Waals surface area contributed by atoms with Gasteiger partial charge >= 0.3 is 5.97 Å². The molecule has 1 aromatic carbocycles. The Morgan fingerprint density at radius 2 is 1.92 bits per heavy atom. The van der Waals surface area contributed by atoms with E-state index in [1.54, 1.807) is 32.2 Å². The number of carbonyl (C=O) groups excluding carboxylic acids is 1. The number of methoxy groups -OCH3 is 1. The third-order valence-electron chi connectivity index (χ3n) is 5.78. The predicted molar refractivity (Wildman–Crippen MR) is 98.6 cm³/mol. The number of hydrogen-bond acceptors (Lipinski definition) is 4. The summed E-state index contributed by atoms with van der Waals surface area (Å²) < 4.78 is 5.42. The molecule has 0 aromatic heterocycles. The second kappa shape index (κ2) is 8.08. The van der Waals surface area contributed by atoms with Crippen LogP contribution in [-0.4, -0.2) is 66.1 Å². The molecule has 2 aliphatic rings. The summed E-state index contributed by atoms with van der Waals surface area (Å²) in [6.07, 6.45) is 4.05. The van der Waals surface area contributed by atoms with Crippen LogP contribution in [0.15, 0.2) is 18.2 Å². The van der Waals surface area contributed by atoms with Gasteiger partial charge in [-0.3, -0.25) is 9.69 Å². The van der Waals surface area contributed by atoms with Crippen molar-refractivity contribution in [3.63, 3.8) is 0 Å². The van der Waals surface area contributed by atoms with Gasteiger partial charge in [0.2, 0.25) is 5.91 Å². The summed E-state index contributed by atoms with van der Waals surface area (Å²) in [4.78, 5) is 27.2. The molecule has 0 spiro atoms. The van der Waals surface area contributed by atoms with Crippen molar-refractivity contribution in [1.82, 2.24) is 9.80 Å². The van der Waals surface area contributed by atoms with Crippen molar-refractivity contribution in [1.29, 1.82) is 0 Å². The molecule has 0 saturated carbocycles. The van der Waals surface area contributed by atoms with Gasteiger partial charge in [-0.25, -0.2) is 4.79 Å². The quantitative estimate of drug-likeness (QED) is 0.872. The Kier molecular flexibility index (Phi) is 5.81. The average Bonchev–Trinajstić information content (AvgIpc) is 3.10. The number of carboxylic acid groups (broad SMARTS) is 1. The molecule has 1 atom stereocenters. The number of carboxylic acids is 1. The van der Waals surface area contributed by atoms with Crippen LogP contribution in [0.25, 0.3) is 0 Å². The SMILES string of the molecule is COc1ccc(C(=O)O)cc1CC1CCN(C2CCN(C(C)=O)CC2)C1. The second-order valence-electron chi connectivity index (χ2n) is 7.42. The summed E-state index contributed by atoms with van der Waals surface area (Å²) in [7, 11) is 1.63. The van der Waals surface area contributed by atoms with Crippen molar-refractivity contribution in [2.75, 3.05) is 33.3 Å². The Bertz CT molecular complexity index is 668. The normalized spacial score (nSPS) is 21.8. The molecule has 6 heteroatoms. The Labute approximate surface area is 154 Å². The molecule has 1 unspecified atom stereocenters. The number of benzene rings is 1. The van der Waals surface area contributed by atoms with Gasteiger partial charge in [0, 0.05) is 32.6 Å². The van der Waals surface area contributed by atoms with E-state index < -0.39 is 5.97 Å². The minimum atomic E-state index is -0.904. The van der Waals surface area contributed by atoms with Crippen molar-refractivity contribution in [3.8, 4) is 5.75 Å². The lowest BCUT2D eigenvalue weighted by atomic mass is 9.96. The van der Waals surface area contributed by atoms with Gasteiger partial charge in [-0.2, -0.15) is 0 Å². The van der Waals surface area contributed by atoms with Crippen LogP contribution in [0.1, 0.15) is 42.1 Å². The molecule has 26 heavy (non-hydrogen) atoms. The van der Waals surface area contributed by atoms with Gasteiger partial charge in [0.1, 0.15) is 5.75 Å².